The van der Waals surface area contributed by atoms with Crippen LogP contribution in [-0.4, -0.2) is 17.2 Å². The van der Waals surface area contributed by atoms with Gasteiger partial charge >= 0.3 is 0 Å². The molecule has 2 N–H and O–H groups in total. The normalized spacial score (nSPS) is 12.9. The summed E-state index contributed by atoms with van der Waals surface area (Å²) in [7, 11) is 0. The molecule has 0 saturated carbocycles. The van der Waals surface area contributed by atoms with Crippen LogP contribution in [0.2, 0.25) is 0 Å². The fourth-order valence-corrected chi connectivity index (χ4v) is 2.16. The van der Waals surface area contributed by atoms with Gasteiger partial charge in [0.2, 0.25) is 0 Å². The molecule has 0 fully saturated rings. The van der Waals surface area contributed by atoms with Crippen molar-refractivity contribution in [2.24, 2.45) is 0 Å². The predicted octanol–water partition coefficient (Wildman–Crippen LogP) is 3.83. The van der Waals surface area contributed by atoms with E-state index in [1.54, 1.807) is 6.07 Å². The summed E-state index contributed by atoms with van der Waals surface area (Å²) >= 11 is 0. The van der Waals surface area contributed by atoms with Crippen molar-refractivity contribution in [2.45, 2.75) is 39.0 Å². The molecule has 0 bridgehead atoms. The lowest BCUT2D eigenvalue weighted by atomic mass is 10.1. The van der Waals surface area contributed by atoms with Crippen LogP contribution in [0.3, 0.4) is 0 Å². The maximum absolute atomic E-state index is 13.5. The molecule has 0 aliphatic rings. The second kappa shape index (κ2) is 7.57. The van der Waals surface area contributed by atoms with E-state index in [1.807, 2.05) is 51.1 Å². The van der Waals surface area contributed by atoms with Crippen LogP contribution in [0.1, 0.15) is 38.0 Å². The van der Waals surface area contributed by atoms with Gasteiger partial charge in [0.15, 0.2) is 0 Å². The third kappa shape index (κ3) is 5.66. The van der Waals surface area contributed by atoms with Crippen LogP contribution in [0.15, 0.2) is 48.5 Å². The van der Waals surface area contributed by atoms with Gasteiger partial charge in [-0.05, 0) is 38.5 Å². The molecule has 0 aliphatic carbocycles. The van der Waals surface area contributed by atoms with Crippen molar-refractivity contribution in [3.05, 3.63) is 65.5 Å². The van der Waals surface area contributed by atoms with Crippen LogP contribution < -0.4 is 10.1 Å². The summed E-state index contributed by atoms with van der Waals surface area (Å²) in [5.41, 5.74) is 1.47. The molecule has 0 heterocycles. The lowest BCUT2D eigenvalue weighted by Crippen LogP contribution is -2.38. The van der Waals surface area contributed by atoms with Crippen LogP contribution in [0.25, 0.3) is 0 Å². The summed E-state index contributed by atoms with van der Waals surface area (Å²) in [6, 6.07) is 13.9. The summed E-state index contributed by atoms with van der Waals surface area (Å²) < 4.78 is 19.3. The van der Waals surface area contributed by atoms with E-state index < -0.39 is 6.10 Å². The van der Waals surface area contributed by atoms with E-state index in [4.69, 9.17) is 4.74 Å². The van der Waals surface area contributed by atoms with E-state index in [-0.39, 0.29) is 11.4 Å². The van der Waals surface area contributed by atoms with E-state index in [0.29, 0.717) is 24.5 Å². The molecule has 4 heteroatoms. The van der Waals surface area contributed by atoms with E-state index in [0.717, 1.165) is 5.56 Å². The van der Waals surface area contributed by atoms with Crippen molar-refractivity contribution in [3.63, 3.8) is 0 Å². The highest BCUT2D eigenvalue weighted by atomic mass is 19.1. The Hall–Kier alpha value is -1.91. The second-order valence-corrected chi connectivity index (χ2v) is 6.60. The monoisotopic (exact) mass is 317 g/mol. The zero-order chi connectivity index (χ0) is 16.9. The first kappa shape index (κ1) is 17.4. The van der Waals surface area contributed by atoms with Crippen molar-refractivity contribution in [1.82, 2.24) is 5.32 Å². The Morgan fingerprint density at radius 2 is 1.83 bits per heavy atom. The summed E-state index contributed by atoms with van der Waals surface area (Å²) in [6.45, 7) is 6.78. The summed E-state index contributed by atoms with van der Waals surface area (Å²) in [5, 5.41) is 13.6. The number of halogens is 1. The molecule has 0 spiro atoms. The number of ether oxygens (including phenoxy) is 1. The van der Waals surface area contributed by atoms with Crippen LogP contribution in [0.5, 0.6) is 5.75 Å². The molecular formula is C19H24FNO2. The van der Waals surface area contributed by atoms with Gasteiger partial charge in [0.1, 0.15) is 18.2 Å². The third-order valence-electron chi connectivity index (χ3n) is 3.40. The van der Waals surface area contributed by atoms with E-state index in [9.17, 15) is 9.50 Å². The molecule has 0 aromatic heterocycles. The minimum absolute atomic E-state index is 0.105. The Labute approximate surface area is 137 Å². The topological polar surface area (TPSA) is 41.5 Å². The number of hydrogen-bond donors (Lipinski definition) is 2. The maximum atomic E-state index is 13.5. The Bertz CT molecular complexity index is 623. The van der Waals surface area contributed by atoms with Gasteiger partial charge in [0.05, 0.1) is 6.10 Å². The van der Waals surface area contributed by atoms with Gasteiger partial charge in [-0.2, -0.15) is 0 Å². The van der Waals surface area contributed by atoms with Gasteiger partial charge < -0.3 is 15.2 Å². The molecule has 2 aromatic carbocycles. The number of rotatable bonds is 6. The Balaban J connectivity index is 2.10. The van der Waals surface area contributed by atoms with E-state index in [2.05, 4.69) is 5.32 Å². The highest BCUT2D eigenvalue weighted by molar-refractivity contribution is 5.36. The number of benzene rings is 2. The third-order valence-corrected chi connectivity index (χ3v) is 3.40. The lowest BCUT2D eigenvalue weighted by Gasteiger charge is -2.24. The zero-order valence-electron chi connectivity index (χ0n) is 13.8. The van der Waals surface area contributed by atoms with Crippen molar-refractivity contribution >= 4 is 0 Å². The molecule has 0 radical (unpaired) electrons. The van der Waals surface area contributed by atoms with E-state index >= 15 is 0 Å². The van der Waals surface area contributed by atoms with Gasteiger partial charge in [-0.25, -0.2) is 4.39 Å². The van der Waals surface area contributed by atoms with Crippen molar-refractivity contribution in [3.8, 4) is 5.75 Å². The van der Waals surface area contributed by atoms with Gasteiger partial charge in [-0.3, -0.25) is 0 Å². The molecule has 0 amide bonds. The standard InChI is InChI=1S/C19H24FNO2/c1-19(2,3)21-12-17(22)16-10-9-15(20)11-18(16)23-13-14-7-5-4-6-8-14/h4-11,17,21-22H,12-13H2,1-3H3. The number of aliphatic hydroxyl groups is 1. The summed E-state index contributed by atoms with van der Waals surface area (Å²) in [4.78, 5) is 0. The average molecular weight is 317 g/mol. The fourth-order valence-electron chi connectivity index (χ4n) is 2.16. The minimum atomic E-state index is -0.763. The van der Waals surface area contributed by atoms with Gasteiger partial charge in [0.25, 0.3) is 0 Å². The van der Waals surface area contributed by atoms with Crippen LogP contribution in [-0.2, 0) is 6.61 Å². The first-order chi connectivity index (χ1) is 10.8. The van der Waals surface area contributed by atoms with E-state index in [1.165, 1.54) is 12.1 Å². The van der Waals surface area contributed by atoms with Crippen LogP contribution in [0, 0.1) is 5.82 Å². The van der Waals surface area contributed by atoms with Crippen LogP contribution in [0.4, 0.5) is 4.39 Å². The molecule has 0 saturated heterocycles. The quantitative estimate of drug-likeness (QED) is 0.851. The number of hydrogen-bond acceptors (Lipinski definition) is 3. The number of nitrogens with one attached hydrogen (secondary N) is 1. The summed E-state index contributed by atoms with van der Waals surface area (Å²) in [5.74, 6) is -0.00939. The SMILES string of the molecule is CC(C)(C)NCC(O)c1ccc(F)cc1OCc1ccccc1. The minimum Gasteiger partial charge on any atom is -0.488 e. The smallest absolute Gasteiger partial charge is 0.128 e. The Morgan fingerprint density at radius 3 is 2.48 bits per heavy atom. The molecule has 23 heavy (non-hydrogen) atoms. The average Bonchev–Trinajstić information content (AvgIpc) is 2.51. The van der Waals surface area contributed by atoms with Gasteiger partial charge in [-0.1, -0.05) is 30.3 Å². The zero-order valence-corrected chi connectivity index (χ0v) is 13.8. The molecule has 1 atom stereocenters. The lowest BCUT2D eigenvalue weighted by molar-refractivity contribution is 0.157. The number of β-amino-alcohol motifs (C(OH)–C–C–N with tert-alkyl or cyclic N) is 1. The van der Waals surface area contributed by atoms with Gasteiger partial charge in [0, 0.05) is 23.7 Å². The first-order valence-electron chi connectivity index (χ1n) is 7.74. The highest BCUT2D eigenvalue weighted by Crippen LogP contribution is 2.27. The molecular weight excluding hydrogens is 293 g/mol. The largest absolute Gasteiger partial charge is 0.488 e. The Kier molecular flexibility index (Phi) is 5.74. The van der Waals surface area contributed by atoms with Crippen LogP contribution >= 0.6 is 0 Å². The van der Waals surface area contributed by atoms with Crippen molar-refractivity contribution in [2.75, 3.05) is 6.54 Å². The molecule has 124 valence electrons. The predicted molar refractivity (Wildman–Crippen MR) is 89.9 cm³/mol. The summed E-state index contributed by atoms with van der Waals surface area (Å²) in [6.07, 6.45) is -0.763. The molecule has 1 unspecified atom stereocenters. The Morgan fingerprint density at radius 1 is 1.13 bits per heavy atom. The van der Waals surface area contributed by atoms with Crippen molar-refractivity contribution in [1.29, 1.82) is 0 Å². The molecule has 2 aromatic rings. The molecule has 2 rings (SSSR count). The maximum Gasteiger partial charge on any atom is 0.128 e. The van der Waals surface area contributed by atoms with Gasteiger partial charge in [-0.15, -0.1) is 0 Å². The first-order valence-corrected chi connectivity index (χ1v) is 7.74. The van der Waals surface area contributed by atoms with Crippen molar-refractivity contribution < 1.29 is 14.2 Å². The highest BCUT2D eigenvalue weighted by Gasteiger charge is 2.17. The molecule has 0 aliphatic heterocycles. The molecule has 3 nitrogen and oxygen atoms in total. The fraction of sp³-hybridized carbons (Fsp3) is 0.368. The number of aliphatic hydroxyl groups excluding tert-OH is 1. The second-order valence-electron chi connectivity index (χ2n) is 6.60.